The minimum Gasteiger partial charge on any atom is -0.492 e. The van der Waals surface area contributed by atoms with Gasteiger partial charge in [0.25, 0.3) is 0 Å². The Morgan fingerprint density at radius 3 is 2.48 bits per heavy atom. The average molecular weight is 362 g/mol. The van der Waals surface area contributed by atoms with Crippen molar-refractivity contribution in [3.05, 3.63) is 49.1 Å². The van der Waals surface area contributed by atoms with Crippen LogP contribution in [0.25, 0.3) is 0 Å². The molecule has 126 valence electrons. The number of carbonyl (C=O) groups is 1. The van der Waals surface area contributed by atoms with Gasteiger partial charge >= 0.3 is 5.97 Å². The Labute approximate surface area is 143 Å². The number of ether oxygens (including phenoxy) is 1. The van der Waals surface area contributed by atoms with Crippen molar-refractivity contribution in [1.29, 1.82) is 0 Å². The monoisotopic (exact) mass is 361 g/mol. The van der Waals surface area contributed by atoms with E-state index in [0.717, 1.165) is 0 Å². The van der Waals surface area contributed by atoms with E-state index in [1.54, 1.807) is 26.0 Å². The third-order valence-electron chi connectivity index (χ3n) is 3.07. The predicted octanol–water partition coefficient (Wildman–Crippen LogP) is 4.35. The van der Waals surface area contributed by atoms with Crippen molar-refractivity contribution >= 4 is 29.2 Å². The Hall–Kier alpha value is -1.79. The van der Waals surface area contributed by atoms with Gasteiger partial charge in [0.05, 0.1) is 23.0 Å². The molecule has 0 heterocycles. The Kier molecular flexibility index (Phi) is 7.32. The molecule has 1 rings (SSSR count). The van der Waals surface area contributed by atoms with Crippen LogP contribution in [0.15, 0.2) is 23.4 Å². The summed E-state index contributed by atoms with van der Waals surface area (Å²) in [6, 6.07) is 3.19. The van der Waals surface area contributed by atoms with Gasteiger partial charge in [-0.25, -0.2) is 0 Å². The van der Waals surface area contributed by atoms with E-state index in [1.807, 2.05) is 0 Å². The number of carboxylic acids is 1. The van der Waals surface area contributed by atoms with Crippen LogP contribution in [0.1, 0.15) is 32.3 Å². The smallest absolute Gasteiger partial charge is 0.303 e. The summed E-state index contributed by atoms with van der Waals surface area (Å²) in [5.74, 6) is -0.576. The van der Waals surface area contributed by atoms with Crippen LogP contribution in [0.4, 0.5) is 0 Å². The van der Waals surface area contributed by atoms with Gasteiger partial charge in [-0.1, -0.05) is 29.3 Å². The molecule has 6 nitrogen and oxygen atoms in total. The summed E-state index contributed by atoms with van der Waals surface area (Å²) < 4.78 is 5.40. The number of rotatable bonds is 8. The summed E-state index contributed by atoms with van der Waals surface area (Å²) in [6.45, 7) is 3.51. The summed E-state index contributed by atoms with van der Waals surface area (Å²) in [6.07, 6.45) is 0.400. The lowest BCUT2D eigenvalue weighted by molar-refractivity contribution is -0.428. The molecule has 0 saturated heterocycles. The highest BCUT2D eigenvalue weighted by molar-refractivity contribution is 6.43. The minimum atomic E-state index is -0.901. The summed E-state index contributed by atoms with van der Waals surface area (Å²) in [5.41, 5.74) is 1.19. The van der Waals surface area contributed by atoms with Crippen molar-refractivity contribution in [3.63, 3.8) is 0 Å². The molecule has 23 heavy (non-hydrogen) atoms. The summed E-state index contributed by atoms with van der Waals surface area (Å²) in [4.78, 5) is 21.0. The van der Waals surface area contributed by atoms with Gasteiger partial charge in [-0.2, -0.15) is 0 Å². The second-order valence-electron chi connectivity index (χ2n) is 5.08. The lowest BCUT2D eigenvalue weighted by Crippen LogP contribution is -2.06. The van der Waals surface area contributed by atoms with Crippen LogP contribution < -0.4 is 4.74 Å². The minimum absolute atomic E-state index is 0.00377. The molecule has 0 bridgehead atoms. The summed E-state index contributed by atoms with van der Waals surface area (Å²) in [7, 11) is 0. The molecule has 0 aliphatic rings. The van der Waals surface area contributed by atoms with E-state index in [1.165, 1.54) is 0 Å². The third-order valence-corrected chi connectivity index (χ3v) is 3.98. The van der Waals surface area contributed by atoms with Gasteiger partial charge in [0.2, 0.25) is 5.70 Å². The second-order valence-corrected chi connectivity index (χ2v) is 5.83. The van der Waals surface area contributed by atoms with Crippen LogP contribution in [0.5, 0.6) is 5.75 Å². The Balaban J connectivity index is 2.87. The number of nitrogens with zero attached hydrogens (tertiary/aromatic N) is 1. The van der Waals surface area contributed by atoms with Crippen LogP contribution in [0.2, 0.25) is 10.0 Å². The molecule has 0 aromatic heterocycles. The Morgan fingerprint density at radius 2 is 1.96 bits per heavy atom. The Bertz CT molecular complexity index is 639. The number of hydrogen-bond acceptors (Lipinski definition) is 4. The zero-order chi connectivity index (χ0) is 17.6. The number of hydrogen-bond donors (Lipinski definition) is 1. The van der Waals surface area contributed by atoms with E-state index in [2.05, 4.69) is 0 Å². The zero-order valence-corrected chi connectivity index (χ0v) is 14.3. The first kappa shape index (κ1) is 19.3. The molecule has 0 radical (unpaired) electrons. The number of allylic oxidation sites excluding steroid dienone is 2. The summed E-state index contributed by atoms with van der Waals surface area (Å²) in [5, 5.41) is 20.0. The molecule has 1 aromatic carbocycles. The lowest BCUT2D eigenvalue weighted by Gasteiger charge is -2.11. The molecule has 0 aliphatic carbocycles. The topological polar surface area (TPSA) is 89.7 Å². The van der Waals surface area contributed by atoms with Gasteiger partial charge in [0.1, 0.15) is 10.8 Å². The molecule has 0 amide bonds. The predicted molar refractivity (Wildman–Crippen MR) is 87.9 cm³/mol. The SMILES string of the molecule is CC(C)=C(Cc1ccc(OCCCC(=O)O)c(Cl)c1Cl)[N+](=O)[O-]. The molecule has 0 spiro atoms. The van der Waals surface area contributed by atoms with Crippen molar-refractivity contribution in [3.8, 4) is 5.75 Å². The average Bonchev–Trinajstić information content (AvgIpc) is 2.45. The van der Waals surface area contributed by atoms with Crippen molar-refractivity contribution in [2.45, 2.75) is 33.1 Å². The lowest BCUT2D eigenvalue weighted by atomic mass is 10.1. The summed E-state index contributed by atoms with van der Waals surface area (Å²) >= 11 is 12.3. The molecular formula is C15H17Cl2NO5. The first-order chi connectivity index (χ1) is 10.7. The third kappa shape index (κ3) is 5.73. The van der Waals surface area contributed by atoms with Crippen LogP contribution in [-0.4, -0.2) is 22.6 Å². The van der Waals surface area contributed by atoms with E-state index in [9.17, 15) is 14.9 Å². The van der Waals surface area contributed by atoms with Gasteiger partial charge in [-0.05, 0) is 37.5 Å². The van der Waals surface area contributed by atoms with E-state index in [0.29, 0.717) is 23.3 Å². The number of benzene rings is 1. The van der Waals surface area contributed by atoms with Gasteiger partial charge in [0.15, 0.2) is 0 Å². The number of nitro groups is 1. The van der Waals surface area contributed by atoms with E-state index in [-0.39, 0.29) is 35.2 Å². The van der Waals surface area contributed by atoms with Crippen molar-refractivity contribution < 1.29 is 19.6 Å². The molecule has 0 unspecified atom stereocenters. The fourth-order valence-corrected chi connectivity index (χ4v) is 2.29. The normalized spacial score (nSPS) is 10.3. The standard InChI is InChI=1S/C15H17Cl2NO5/c1-9(2)11(18(21)22)8-10-5-6-12(15(17)14(10)16)23-7-3-4-13(19)20/h5-6H,3-4,7-8H2,1-2H3,(H,19,20). The van der Waals surface area contributed by atoms with Crippen LogP contribution in [-0.2, 0) is 11.2 Å². The number of carboxylic acid groups (broad SMARTS) is 1. The van der Waals surface area contributed by atoms with Crippen molar-refractivity contribution in [2.75, 3.05) is 6.61 Å². The molecule has 0 aliphatic heterocycles. The number of aliphatic carboxylic acids is 1. The van der Waals surface area contributed by atoms with E-state index in [4.69, 9.17) is 33.0 Å². The highest BCUT2D eigenvalue weighted by Gasteiger charge is 2.18. The van der Waals surface area contributed by atoms with Gasteiger partial charge in [0, 0.05) is 6.42 Å². The molecule has 1 N–H and O–H groups in total. The van der Waals surface area contributed by atoms with Crippen LogP contribution in [0, 0.1) is 10.1 Å². The molecule has 0 fully saturated rings. The molecule has 8 heteroatoms. The maximum absolute atomic E-state index is 11.0. The fourth-order valence-electron chi connectivity index (χ4n) is 1.83. The largest absolute Gasteiger partial charge is 0.492 e. The highest BCUT2D eigenvalue weighted by Crippen LogP contribution is 2.36. The maximum atomic E-state index is 11.0. The van der Waals surface area contributed by atoms with Gasteiger partial charge in [-0.3, -0.25) is 14.9 Å². The maximum Gasteiger partial charge on any atom is 0.303 e. The zero-order valence-electron chi connectivity index (χ0n) is 12.8. The Morgan fingerprint density at radius 1 is 1.30 bits per heavy atom. The van der Waals surface area contributed by atoms with Crippen molar-refractivity contribution in [1.82, 2.24) is 0 Å². The quantitative estimate of drug-likeness (QED) is 0.422. The first-order valence-electron chi connectivity index (χ1n) is 6.86. The van der Waals surface area contributed by atoms with Crippen LogP contribution in [0.3, 0.4) is 0 Å². The second kappa shape index (κ2) is 8.74. The molecule has 0 atom stereocenters. The molecular weight excluding hydrogens is 345 g/mol. The number of halogens is 2. The highest BCUT2D eigenvalue weighted by atomic mass is 35.5. The molecule has 1 aromatic rings. The van der Waals surface area contributed by atoms with E-state index < -0.39 is 10.9 Å². The molecule has 0 saturated carbocycles. The van der Waals surface area contributed by atoms with Gasteiger partial charge < -0.3 is 9.84 Å². The fraction of sp³-hybridized carbons (Fsp3) is 0.400. The van der Waals surface area contributed by atoms with E-state index >= 15 is 0 Å². The first-order valence-corrected chi connectivity index (χ1v) is 7.61. The van der Waals surface area contributed by atoms with Crippen LogP contribution >= 0.6 is 23.2 Å². The van der Waals surface area contributed by atoms with Crippen molar-refractivity contribution in [2.24, 2.45) is 0 Å². The van der Waals surface area contributed by atoms with Gasteiger partial charge in [-0.15, -0.1) is 0 Å².